The maximum atomic E-state index is 11.9. The van der Waals surface area contributed by atoms with Crippen LogP contribution in [0.25, 0.3) is 0 Å². The lowest BCUT2D eigenvalue weighted by Crippen LogP contribution is -2.61. The number of hydrogen-bond donors (Lipinski definition) is 3. The van der Waals surface area contributed by atoms with Crippen molar-refractivity contribution in [3.8, 4) is 0 Å². The maximum Gasteiger partial charge on any atom is 0.328 e. The third kappa shape index (κ3) is 2.55. The quantitative estimate of drug-likeness (QED) is 0.626. The molecular formula is C11H17N3O4. The van der Waals surface area contributed by atoms with E-state index >= 15 is 0 Å². The summed E-state index contributed by atoms with van der Waals surface area (Å²) in [6, 6.07) is -1.32. The summed E-state index contributed by atoms with van der Waals surface area (Å²) in [6.07, 6.45) is 1.92. The Labute approximate surface area is 105 Å². The van der Waals surface area contributed by atoms with Crippen LogP contribution in [-0.4, -0.2) is 53.1 Å². The summed E-state index contributed by atoms with van der Waals surface area (Å²) in [5, 5.41) is 14.2. The molecule has 100 valence electrons. The minimum atomic E-state index is -1.10. The van der Waals surface area contributed by atoms with Gasteiger partial charge in [-0.15, -0.1) is 0 Å². The van der Waals surface area contributed by atoms with E-state index in [0.717, 1.165) is 17.7 Å². The number of piperazine rings is 1. The molecular weight excluding hydrogens is 238 g/mol. The Hall–Kier alpha value is -1.79. The number of aliphatic carboxylic acids is 1. The van der Waals surface area contributed by atoms with Gasteiger partial charge in [0.05, 0.1) is 0 Å². The summed E-state index contributed by atoms with van der Waals surface area (Å²) in [6.45, 7) is 1.81. The van der Waals surface area contributed by atoms with Crippen molar-refractivity contribution in [2.75, 3.05) is 13.1 Å². The molecule has 3 amide bonds. The Kier molecular flexibility index (Phi) is 3.40. The number of carboxylic acids is 1. The Morgan fingerprint density at radius 3 is 2.83 bits per heavy atom. The number of carbonyl (C=O) groups is 3. The van der Waals surface area contributed by atoms with E-state index in [1.807, 2.05) is 6.92 Å². The smallest absolute Gasteiger partial charge is 0.328 e. The number of nitrogens with zero attached hydrogens (tertiary/aromatic N) is 1. The predicted molar refractivity (Wildman–Crippen MR) is 61.9 cm³/mol. The molecule has 0 radical (unpaired) electrons. The van der Waals surface area contributed by atoms with E-state index < -0.39 is 18.0 Å². The highest BCUT2D eigenvalue weighted by Gasteiger charge is 2.40. The lowest BCUT2D eigenvalue weighted by molar-refractivity contribution is -0.144. The van der Waals surface area contributed by atoms with Crippen molar-refractivity contribution in [1.82, 2.24) is 15.5 Å². The van der Waals surface area contributed by atoms with Crippen molar-refractivity contribution in [1.29, 1.82) is 0 Å². The zero-order valence-corrected chi connectivity index (χ0v) is 10.2. The van der Waals surface area contributed by atoms with E-state index in [0.29, 0.717) is 5.92 Å². The van der Waals surface area contributed by atoms with Crippen LogP contribution in [0.15, 0.2) is 0 Å². The highest BCUT2D eigenvalue weighted by atomic mass is 16.4. The van der Waals surface area contributed by atoms with Crippen LogP contribution < -0.4 is 10.6 Å². The first-order valence-corrected chi connectivity index (χ1v) is 6.09. The molecule has 2 fully saturated rings. The summed E-state index contributed by atoms with van der Waals surface area (Å²) in [7, 11) is 0. The van der Waals surface area contributed by atoms with E-state index in [1.165, 1.54) is 0 Å². The Bertz CT molecular complexity index is 384. The summed E-state index contributed by atoms with van der Waals surface area (Å²) in [5.41, 5.74) is 0. The fourth-order valence-corrected chi connectivity index (χ4v) is 2.19. The van der Waals surface area contributed by atoms with Gasteiger partial charge in [-0.1, -0.05) is 13.3 Å². The van der Waals surface area contributed by atoms with Crippen molar-refractivity contribution in [3.05, 3.63) is 0 Å². The first-order valence-electron chi connectivity index (χ1n) is 6.09. The third-order valence-electron chi connectivity index (χ3n) is 3.48. The molecule has 7 nitrogen and oxygen atoms in total. The van der Waals surface area contributed by atoms with Gasteiger partial charge in [0.15, 0.2) is 0 Å². The molecule has 0 aromatic carbocycles. The van der Waals surface area contributed by atoms with E-state index in [9.17, 15) is 14.4 Å². The van der Waals surface area contributed by atoms with Crippen LogP contribution in [0.1, 0.15) is 19.8 Å². The second-order valence-corrected chi connectivity index (χ2v) is 4.75. The number of carbonyl (C=O) groups excluding carboxylic acids is 2. The second-order valence-electron chi connectivity index (χ2n) is 4.75. The molecule has 3 atom stereocenters. The molecule has 2 rings (SSSR count). The minimum absolute atomic E-state index is 0.0382. The van der Waals surface area contributed by atoms with Crippen molar-refractivity contribution in [3.63, 3.8) is 0 Å². The second kappa shape index (κ2) is 4.83. The number of carboxylic acid groups (broad SMARTS) is 1. The molecule has 0 spiro atoms. The molecule has 1 heterocycles. The van der Waals surface area contributed by atoms with Crippen LogP contribution in [0.3, 0.4) is 0 Å². The van der Waals surface area contributed by atoms with Gasteiger partial charge in [-0.05, 0) is 12.3 Å². The first-order chi connectivity index (χ1) is 8.52. The number of rotatable bonds is 3. The molecule has 18 heavy (non-hydrogen) atoms. The molecule has 1 saturated heterocycles. The van der Waals surface area contributed by atoms with E-state index in [-0.39, 0.29) is 25.0 Å². The fraction of sp³-hybridized carbons (Fsp3) is 0.727. The van der Waals surface area contributed by atoms with Gasteiger partial charge in [0.2, 0.25) is 5.91 Å². The van der Waals surface area contributed by atoms with Crippen LogP contribution in [0.5, 0.6) is 0 Å². The van der Waals surface area contributed by atoms with Crippen molar-refractivity contribution in [2.24, 2.45) is 5.92 Å². The minimum Gasteiger partial charge on any atom is -0.480 e. The van der Waals surface area contributed by atoms with Crippen LogP contribution in [0.4, 0.5) is 4.79 Å². The van der Waals surface area contributed by atoms with Crippen molar-refractivity contribution >= 4 is 17.9 Å². The van der Waals surface area contributed by atoms with Crippen LogP contribution in [0, 0.1) is 5.92 Å². The zero-order chi connectivity index (χ0) is 13.3. The first kappa shape index (κ1) is 12.7. The average Bonchev–Trinajstić information content (AvgIpc) is 3.06. The van der Waals surface area contributed by atoms with E-state index in [1.54, 1.807) is 0 Å². The van der Waals surface area contributed by atoms with Gasteiger partial charge in [0, 0.05) is 12.6 Å². The van der Waals surface area contributed by atoms with E-state index in [2.05, 4.69) is 10.6 Å². The normalized spacial score (nSPS) is 30.6. The van der Waals surface area contributed by atoms with Crippen molar-refractivity contribution < 1.29 is 19.5 Å². The molecule has 1 saturated carbocycles. The van der Waals surface area contributed by atoms with Crippen LogP contribution >= 0.6 is 0 Å². The molecule has 1 aliphatic carbocycles. The number of hydrogen-bond acceptors (Lipinski definition) is 3. The number of amides is 3. The SMILES string of the molecule is CCC1CC1NC(=O)N1CC(=O)NCC1C(=O)O. The highest BCUT2D eigenvalue weighted by Crippen LogP contribution is 2.33. The van der Waals surface area contributed by atoms with Gasteiger partial charge in [-0.2, -0.15) is 0 Å². The highest BCUT2D eigenvalue weighted by molar-refractivity contribution is 5.90. The van der Waals surface area contributed by atoms with Gasteiger partial charge in [0.25, 0.3) is 0 Å². The van der Waals surface area contributed by atoms with Crippen LogP contribution in [-0.2, 0) is 9.59 Å². The Morgan fingerprint density at radius 2 is 2.28 bits per heavy atom. The van der Waals surface area contributed by atoms with Gasteiger partial charge < -0.3 is 15.7 Å². The average molecular weight is 255 g/mol. The molecule has 7 heteroatoms. The monoisotopic (exact) mass is 255 g/mol. The van der Waals surface area contributed by atoms with Gasteiger partial charge in [-0.3, -0.25) is 9.69 Å². The van der Waals surface area contributed by atoms with Gasteiger partial charge in [0.1, 0.15) is 12.6 Å². The Balaban J connectivity index is 1.97. The van der Waals surface area contributed by atoms with Crippen LogP contribution in [0.2, 0.25) is 0 Å². The maximum absolute atomic E-state index is 11.9. The topological polar surface area (TPSA) is 98.7 Å². The van der Waals surface area contributed by atoms with Crippen molar-refractivity contribution in [2.45, 2.75) is 31.8 Å². The van der Waals surface area contributed by atoms with Gasteiger partial charge in [-0.25, -0.2) is 9.59 Å². The number of urea groups is 1. The molecule has 1 aliphatic heterocycles. The largest absolute Gasteiger partial charge is 0.480 e. The van der Waals surface area contributed by atoms with Gasteiger partial charge >= 0.3 is 12.0 Å². The molecule has 3 unspecified atom stereocenters. The molecule has 0 aromatic heterocycles. The molecule has 0 bridgehead atoms. The molecule has 2 aliphatic rings. The lowest BCUT2D eigenvalue weighted by atomic mass is 10.2. The lowest BCUT2D eigenvalue weighted by Gasteiger charge is -2.32. The summed E-state index contributed by atoms with van der Waals surface area (Å²) in [5.74, 6) is -0.950. The number of nitrogens with one attached hydrogen (secondary N) is 2. The third-order valence-corrected chi connectivity index (χ3v) is 3.48. The molecule has 0 aromatic rings. The standard InChI is InChI=1S/C11H17N3O4/c1-2-6-3-7(6)13-11(18)14-5-9(15)12-4-8(14)10(16)17/h6-8H,2-5H2,1H3,(H,12,15)(H,13,18)(H,16,17). The fourth-order valence-electron chi connectivity index (χ4n) is 2.19. The summed E-state index contributed by atoms with van der Waals surface area (Å²) in [4.78, 5) is 35.3. The van der Waals surface area contributed by atoms with E-state index in [4.69, 9.17) is 5.11 Å². The molecule has 3 N–H and O–H groups in total. The zero-order valence-electron chi connectivity index (χ0n) is 10.2. The summed E-state index contributed by atoms with van der Waals surface area (Å²) >= 11 is 0. The Morgan fingerprint density at radius 1 is 1.56 bits per heavy atom. The summed E-state index contributed by atoms with van der Waals surface area (Å²) < 4.78 is 0. The predicted octanol–water partition coefficient (Wildman–Crippen LogP) is -0.620.